The standard InChI is InChI=1S/C12H13F3O2/c1-2-17-10-6-3-9(4-7-10)5-8-11(16)12(13,14)15/h3-4,6-7H,2,5,8H2,1H3. The number of carbonyl (C=O) groups excluding carboxylic acids is 1. The summed E-state index contributed by atoms with van der Waals surface area (Å²) in [6.07, 6.45) is -5.16. The smallest absolute Gasteiger partial charge is 0.449 e. The van der Waals surface area contributed by atoms with Gasteiger partial charge in [-0.05, 0) is 31.0 Å². The zero-order chi connectivity index (χ0) is 12.9. The lowest BCUT2D eigenvalue weighted by Gasteiger charge is -2.06. The van der Waals surface area contributed by atoms with E-state index >= 15 is 0 Å². The van der Waals surface area contributed by atoms with Crippen LogP contribution < -0.4 is 4.74 Å². The fraction of sp³-hybridized carbons (Fsp3) is 0.417. The summed E-state index contributed by atoms with van der Waals surface area (Å²) in [4.78, 5) is 10.7. The third kappa shape index (κ3) is 4.46. The van der Waals surface area contributed by atoms with Crippen molar-refractivity contribution in [2.75, 3.05) is 6.61 Å². The first-order chi connectivity index (χ1) is 7.93. The molecule has 94 valence electrons. The molecule has 0 aliphatic carbocycles. The van der Waals surface area contributed by atoms with E-state index in [-0.39, 0.29) is 6.42 Å². The van der Waals surface area contributed by atoms with E-state index in [9.17, 15) is 18.0 Å². The molecular weight excluding hydrogens is 233 g/mol. The van der Waals surface area contributed by atoms with Gasteiger partial charge in [0.2, 0.25) is 5.78 Å². The Morgan fingerprint density at radius 3 is 2.29 bits per heavy atom. The summed E-state index contributed by atoms with van der Waals surface area (Å²) in [7, 11) is 0. The maximum atomic E-state index is 11.9. The highest BCUT2D eigenvalue weighted by Crippen LogP contribution is 2.20. The number of carbonyl (C=O) groups is 1. The highest BCUT2D eigenvalue weighted by Gasteiger charge is 2.37. The second-order valence-electron chi connectivity index (χ2n) is 3.50. The second kappa shape index (κ2) is 5.70. The largest absolute Gasteiger partial charge is 0.494 e. The molecular formula is C12H13F3O2. The number of Topliss-reactive ketones (excluding diaryl/α,β-unsaturated/α-hetero) is 1. The molecule has 1 aromatic carbocycles. The highest BCUT2D eigenvalue weighted by molar-refractivity contribution is 5.84. The van der Waals surface area contributed by atoms with Crippen LogP contribution in [0.1, 0.15) is 18.9 Å². The zero-order valence-corrected chi connectivity index (χ0v) is 9.38. The number of halogens is 3. The van der Waals surface area contributed by atoms with Crippen LogP contribution in [0.5, 0.6) is 5.75 Å². The van der Waals surface area contributed by atoms with E-state index in [1.165, 1.54) is 0 Å². The van der Waals surface area contributed by atoms with E-state index in [0.29, 0.717) is 17.9 Å². The topological polar surface area (TPSA) is 26.3 Å². The molecule has 1 aromatic rings. The van der Waals surface area contributed by atoms with Gasteiger partial charge in [0.15, 0.2) is 0 Å². The molecule has 1 rings (SSSR count). The van der Waals surface area contributed by atoms with Crippen LogP contribution in [0.15, 0.2) is 24.3 Å². The quantitative estimate of drug-likeness (QED) is 0.797. The molecule has 17 heavy (non-hydrogen) atoms. The van der Waals surface area contributed by atoms with Crippen molar-refractivity contribution >= 4 is 5.78 Å². The Balaban J connectivity index is 2.50. The van der Waals surface area contributed by atoms with Gasteiger partial charge >= 0.3 is 6.18 Å². The Kier molecular flexibility index (Phi) is 4.54. The predicted molar refractivity (Wildman–Crippen MR) is 57.0 cm³/mol. The maximum absolute atomic E-state index is 11.9. The van der Waals surface area contributed by atoms with Crippen LogP contribution in [0, 0.1) is 0 Å². The monoisotopic (exact) mass is 246 g/mol. The first-order valence-corrected chi connectivity index (χ1v) is 5.25. The summed E-state index contributed by atoms with van der Waals surface area (Å²) in [6.45, 7) is 2.38. The molecule has 0 aliphatic rings. The molecule has 0 fully saturated rings. The van der Waals surface area contributed by atoms with Crippen molar-refractivity contribution in [3.63, 3.8) is 0 Å². The molecule has 0 saturated heterocycles. The van der Waals surface area contributed by atoms with Crippen molar-refractivity contribution in [3.05, 3.63) is 29.8 Å². The molecule has 0 spiro atoms. The van der Waals surface area contributed by atoms with Gasteiger partial charge in [-0.15, -0.1) is 0 Å². The Morgan fingerprint density at radius 2 is 1.82 bits per heavy atom. The minimum atomic E-state index is -4.73. The Bertz CT molecular complexity index is 368. The SMILES string of the molecule is CCOc1ccc(CCC(=O)C(F)(F)F)cc1. The normalized spacial score (nSPS) is 11.3. The first kappa shape index (κ1) is 13.5. The number of ketones is 1. The van der Waals surface area contributed by atoms with Gasteiger partial charge in [0.05, 0.1) is 6.61 Å². The average molecular weight is 246 g/mol. The molecule has 0 saturated carbocycles. The number of benzene rings is 1. The minimum Gasteiger partial charge on any atom is -0.494 e. The maximum Gasteiger partial charge on any atom is 0.449 e. The summed E-state index contributed by atoms with van der Waals surface area (Å²) in [5.74, 6) is -1.02. The Hall–Kier alpha value is -1.52. The minimum absolute atomic E-state index is 0.0880. The molecule has 2 nitrogen and oxygen atoms in total. The van der Waals surface area contributed by atoms with E-state index in [2.05, 4.69) is 0 Å². The zero-order valence-electron chi connectivity index (χ0n) is 9.38. The van der Waals surface area contributed by atoms with Crippen molar-refractivity contribution in [2.45, 2.75) is 25.9 Å². The molecule has 0 heterocycles. The van der Waals surface area contributed by atoms with Crippen molar-refractivity contribution in [1.82, 2.24) is 0 Å². The van der Waals surface area contributed by atoms with Crippen LogP contribution >= 0.6 is 0 Å². The number of hydrogen-bond acceptors (Lipinski definition) is 2. The van der Waals surface area contributed by atoms with Gasteiger partial charge in [-0.1, -0.05) is 12.1 Å². The Labute approximate surface area is 97.4 Å². The summed E-state index contributed by atoms with van der Waals surface area (Å²) < 4.78 is 41.0. The lowest BCUT2D eigenvalue weighted by atomic mass is 10.1. The van der Waals surface area contributed by atoms with Crippen LogP contribution in [-0.4, -0.2) is 18.6 Å². The molecule has 0 unspecified atom stereocenters. The number of rotatable bonds is 5. The molecule has 0 aliphatic heterocycles. The molecule has 0 amide bonds. The summed E-state index contributed by atoms with van der Waals surface area (Å²) >= 11 is 0. The van der Waals surface area contributed by atoms with E-state index in [1.807, 2.05) is 6.92 Å². The van der Waals surface area contributed by atoms with Crippen LogP contribution in [0.4, 0.5) is 13.2 Å². The number of alkyl halides is 3. The van der Waals surface area contributed by atoms with Gasteiger partial charge in [0.1, 0.15) is 5.75 Å². The van der Waals surface area contributed by atoms with Crippen LogP contribution in [0.3, 0.4) is 0 Å². The van der Waals surface area contributed by atoms with Crippen molar-refractivity contribution in [2.24, 2.45) is 0 Å². The molecule has 0 N–H and O–H groups in total. The highest BCUT2D eigenvalue weighted by atomic mass is 19.4. The van der Waals surface area contributed by atoms with Gasteiger partial charge in [0.25, 0.3) is 0 Å². The fourth-order valence-corrected chi connectivity index (χ4v) is 1.32. The Morgan fingerprint density at radius 1 is 1.24 bits per heavy atom. The van der Waals surface area contributed by atoms with Crippen molar-refractivity contribution < 1.29 is 22.7 Å². The van der Waals surface area contributed by atoms with Gasteiger partial charge in [-0.3, -0.25) is 4.79 Å². The predicted octanol–water partition coefficient (Wildman–Crippen LogP) is 3.15. The van der Waals surface area contributed by atoms with E-state index in [0.717, 1.165) is 0 Å². The lowest BCUT2D eigenvalue weighted by molar-refractivity contribution is -0.171. The van der Waals surface area contributed by atoms with Crippen LogP contribution in [0.2, 0.25) is 0 Å². The summed E-state index contributed by atoms with van der Waals surface area (Å²) in [5, 5.41) is 0. The number of ether oxygens (including phenoxy) is 1. The van der Waals surface area contributed by atoms with Gasteiger partial charge in [-0.2, -0.15) is 13.2 Å². The molecule has 0 radical (unpaired) electrons. The first-order valence-electron chi connectivity index (χ1n) is 5.25. The third-order valence-corrected chi connectivity index (χ3v) is 2.19. The van der Waals surface area contributed by atoms with E-state index < -0.39 is 18.4 Å². The second-order valence-corrected chi connectivity index (χ2v) is 3.50. The molecule has 0 bridgehead atoms. The van der Waals surface area contributed by atoms with Crippen LogP contribution in [-0.2, 0) is 11.2 Å². The van der Waals surface area contributed by atoms with Crippen molar-refractivity contribution in [3.8, 4) is 5.75 Å². The third-order valence-electron chi connectivity index (χ3n) is 2.19. The fourth-order valence-electron chi connectivity index (χ4n) is 1.32. The molecule has 0 aromatic heterocycles. The number of hydrogen-bond donors (Lipinski definition) is 0. The van der Waals surface area contributed by atoms with Gasteiger partial charge < -0.3 is 4.74 Å². The average Bonchev–Trinajstić information content (AvgIpc) is 2.27. The van der Waals surface area contributed by atoms with Gasteiger partial charge in [0, 0.05) is 6.42 Å². The van der Waals surface area contributed by atoms with Crippen LogP contribution in [0.25, 0.3) is 0 Å². The number of aryl methyl sites for hydroxylation is 1. The van der Waals surface area contributed by atoms with Gasteiger partial charge in [-0.25, -0.2) is 0 Å². The molecule has 0 atom stereocenters. The molecule has 5 heteroatoms. The van der Waals surface area contributed by atoms with E-state index in [4.69, 9.17) is 4.74 Å². The summed E-state index contributed by atoms with van der Waals surface area (Å²) in [6, 6.07) is 6.68. The van der Waals surface area contributed by atoms with E-state index in [1.54, 1.807) is 24.3 Å². The van der Waals surface area contributed by atoms with Crippen molar-refractivity contribution in [1.29, 1.82) is 0 Å². The lowest BCUT2D eigenvalue weighted by Crippen LogP contribution is -2.22. The summed E-state index contributed by atoms with van der Waals surface area (Å²) in [5.41, 5.74) is 0.686.